The molecule has 1 saturated heterocycles. The summed E-state index contributed by atoms with van der Waals surface area (Å²) < 4.78 is 0. The van der Waals surface area contributed by atoms with Gasteiger partial charge in [-0.3, -0.25) is 4.90 Å². The fraction of sp³-hybridized carbons (Fsp3) is 0.571. The molecular weight excluding hydrogens is 269 g/mol. The minimum Gasteiger partial charge on any atom is -0.393 e. The fourth-order valence-electron chi connectivity index (χ4n) is 3.40. The first-order chi connectivity index (χ1) is 8.61. The zero-order valence-corrected chi connectivity index (χ0v) is 11.7. The number of nitrogens with zero attached hydrogens (tertiary/aromatic N) is 1. The topological polar surface area (TPSA) is 23.5 Å². The highest BCUT2D eigenvalue weighted by atomic mass is 35.5. The first kappa shape index (κ1) is 12.7. The van der Waals surface area contributed by atoms with Crippen molar-refractivity contribution in [3.63, 3.8) is 0 Å². The largest absolute Gasteiger partial charge is 0.393 e. The van der Waals surface area contributed by atoms with Crippen LogP contribution < -0.4 is 0 Å². The van der Waals surface area contributed by atoms with E-state index in [0.717, 1.165) is 48.1 Å². The SMILES string of the molecule is OC1C[C@@H]2CN(Cc3cc(Cl)ccc3Cl)C[C@@H]2C1. The number of hydrogen-bond acceptors (Lipinski definition) is 2. The van der Waals surface area contributed by atoms with E-state index in [1.165, 1.54) is 0 Å². The average molecular weight is 286 g/mol. The molecule has 0 bridgehead atoms. The first-order valence-corrected chi connectivity index (χ1v) is 7.22. The maximum absolute atomic E-state index is 9.63. The van der Waals surface area contributed by atoms with E-state index in [0.29, 0.717) is 11.8 Å². The molecule has 2 nitrogen and oxygen atoms in total. The third-order valence-corrected chi connectivity index (χ3v) is 4.81. The molecule has 1 aliphatic carbocycles. The van der Waals surface area contributed by atoms with Gasteiger partial charge in [-0.1, -0.05) is 23.2 Å². The molecule has 3 rings (SSSR count). The van der Waals surface area contributed by atoms with Crippen LogP contribution in [-0.2, 0) is 6.54 Å². The van der Waals surface area contributed by atoms with E-state index in [1.807, 2.05) is 18.2 Å². The van der Waals surface area contributed by atoms with Crippen LogP contribution >= 0.6 is 23.2 Å². The van der Waals surface area contributed by atoms with Gasteiger partial charge in [0.25, 0.3) is 0 Å². The van der Waals surface area contributed by atoms with Gasteiger partial charge in [-0.25, -0.2) is 0 Å². The number of rotatable bonds is 2. The molecule has 2 fully saturated rings. The monoisotopic (exact) mass is 285 g/mol. The highest BCUT2D eigenvalue weighted by Gasteiger charge is 2.40. The van der Waals surface area contributed by atoms with E-state index < -0.39 is 0 Å². The normalized spacial score (nSPS) is 31.8. The van der Waals surface area contributed by atoms with Gasteiger partial charge in [-0.2, -0.15) is 0 Å². The molecule has 0 spiro atoms. The second-order valence-electron chi connectivity index (χ2n) is 5.58. The van der Waals surface area contributed by atoms with Crippen LogP contribution in [0.2, 0.25) is 10.0 Å². The highest BCUT2D eigenvalue weighted by Crippen LogP contribution is 2.38. The Morgan fingerprint density at radius 2 is 1.83 bits per heavy atom. The van der Waals surface area contributed by atoms with Crippen molar-refractivity contribution >= 4 is 23.2 Å². The molecule has 4 heteroatoms. The van der Waals surface area contributed by atoms with Gasteiger partial charge < -0.3 is 5.11 Å². The standard InChI is InChI=1S/C14H17Cl2NO/c15-12-1-2-14(16)11(3-12)8-17-6-9-4-13(18)5-10(9)7-17/h1-3,9-10,13,18H,4-8H2/t9-,10+,13?. The average Bonchev–Trinajstić information content (AvgIpc) is 2.80. The maximum Gasteiger partial charge on any atom is 0.0546 e. The van der Waals surface area contributed by atoms with E-state index in [2.05, 4.69) is 4.90 Å². The van der Waals surface area contributed by atoms with Gasteiger partial charge in [0.05, 0.1) is 6.10 Å². The summed E-state index contributed by atoms with van der Waals surface area (Å²) in [6.07, 6.45) is 1.85. The molecule has 2 aliphatic rings. The number of benzene rings is 1. The number of hydrogen-bond donors (Lipinski definition) is 1. The predicted octanol–water partition coefficient (Wildman–Crippen LogP) is 3.20. The third kappa shape index (κ3) is 2.53. The highest BCUT2D eigenvalue weighted by molar-refractivity contribution is 6.33. The molecule has 1 N–H and O–H groups in total. The minimum absolute atomic E-state index is 0.0723. The Balaban J connectivity index is 1.66. The third-order valence-electron chi connectivity index (χ3n) is 4.20. The molecule has 0 aromatic heterocycles. The molecule has 1 aliphatic heterocycles. The van der Waals surface area contributed by atoms with Crippen molar-refractivity contribution in [2.75, 3.05) is 13.1 Å². The summed E-state index contributed by atoms with van der Waals surface area (Å²) in [7, 11) is 0. The van der Waals surface area contributed by atoms with Crippen LogP contribution in [0.25, 0.3) is 0 Å². The van der Waals surface area contributed by atoms with Crippen molar-refractivity contribution in [3.05, 3.63) is 33.8 Å². The Labute approximate surface area is 117 Å². The lowest BCUT2D eigenvalue weighted by atomic mass is 10.0. The van der Waals surface area contributed by atoms with Crippen LogP contribution in [0.15, 0.2) is 18.2 Å². The number of aliphatic hydroxyl groups is 1. The van der Waals surface area contributed by atoms with Crippen LogP contribution in [0.1, 0.15) is 18.4 Å². The Morgan fingerprint density at radius 1 is 1.17 bits per heavy atom. The Bertz CT molecular complexity index is 437. The molecule has 1 heterocycles. The van der Waals surface area contributed by atoms with Gasteiger partial charge in [0, 0.05) is 29.7 Å². The maximum atomic E-state index is 9.63. The van der Waals surface area contributed by atoms with Crippen molar-refractivity contribution in [1.29, 1.82) is 0 Å². The van der Waals surface area contributed by atoms with Crippen LogP contribution in [0, 0.1) is 11.8 Å². The molecule has 1 saturated carbocycles. The summed E-state index contributed by atoms with van der Waals surface area (Å²) >= 11 is 12.2. The molecule has 18 heavy (non-hydrogen) atoms. The lowest BCUT2D eigenvalue weighted by molar-refractivity contribution is 0.161. The lowest BCUT2D eigenvalue weighted by Gasteiger charge is -2.18. The van der Waals surface area contributed by atoms with Gasteiger partial charge in [-0.15, -0.1) is 0 Å². The molecule has 0 amide bonds. The Hall–Kier alpha value is -0.280. The molecule has 1 aromatic rings. The Morgan fingerprint density at radius 3 is 2.50 bits per heavy atom. The minimum atomic E-state index is -0.0723. The zero-order chi connectivity index (χ0) is 12.7. The van der Waals surface area contributed by atoms with Crippen molar-refractivity contribution in [2.45, 2.75) is 25.5 Å². The lowest BCUT2D eigenvalue weighted by Crippen LogP contribution is -2.22. The molecule has 3 atom stereocenters. The second kappa shape index (κ2) is 5.01. The van der Waals surface area contributed by atoms with Crippen molar-refractivity contribution < 1.29 is 5.11 Å². The fourth-order valence-corrected chi connectivity index (χ4v) is 3.77. The summed E-state index contributed by atoms with van der Waals surface area (Å²) in [5.74, 6) is 1.33. The van der Waals surface area contributed by atoms with E-state index in [1.54, 1.807) is 0 Å². The van der Waals surface area contributed by atoms with Crippen molar-refractivity contribution in [3.8, 4) is 0 Å². The quantitative estimate of drug-likeness (QED) is 0.902. The smallest absolute Gasteiger partial charge is 0.0546 e. The second-order valence-corrected chi connectivity index (χ2v) is 6.42. The Kier molecular flexibility index (Phi) is 3.55. The molecule has 1 aromatic carbocycles. The number of fused-ring (bicyclic) bond motifs is 1. The van der Waals surface area contributed by atoms with E-state index in [-0.39, 0.29) is 6.10 Å². The summed E-state index contributed by atoms with van der Waals surface area (Å²) in [6.45, 7) is 3.01. The zero-order valence-electron chi connectivity index (χ0n) is 10.1. The summed E-state index contributed by atoms with van der Waals surface area (Å²) in [6, 6.07) is 5.63. The van der Waals surface area contributed by atoms with Crippen LogP contribution in [0.3, 0.4) is 0 Å². The summed E-state index contributed by atoms with van der Waals surface area (Å²) in [5, 5.41) is 11.2. The van der Waals surface area contributed by atoms with Crippen LogP contribution in [-0.4, -0.2) is 29.2 Å². The van der Waals surface area contributed by atoms with Crippen LogP contribution in [0.5, 0.6) is 0 Å². The number of likely N-dealkylation sites (tertiary alicyclic amines) is 1. The van der Waals surface area contributed by atoms with Gasteiger partial charge in [-0.05, 0) is 48.4 Å². The predicted molar refractivity (Wildman–Crippen MR) is 74.0 cm³/mol. The molecule has 0 radical (unpaired) electrons. The van der Waals surface area contributed by atoms with Crippen molar-refractivity contribution in [2.24, 2.45) is 11.8 Å². The summed E-state index contributed by atoms with van der Waals surface area (Å²) in [5.41, 5.74) is 1.10. The number of aliphatic hydroxyl groups excluding tert-OH is 1. The van der Waals surface area contributed by atoms with Gasteiger partial charge in [0.2, 0.25) is 0 Å². The van der Waals surface area contributed by atoms with Crippen LogP contribution in [0.4, 0.5) is 0 Å². The van der Waals surface area contributed by atoms with Gasteiger partial charge in [0.1, 0.15) is 0 Å². The first-order valence-electron chi connectivity index (χ1n) is 6.46. The van der Waals surface area contributed by atoms with Gasteiger partial charge in [0.15, 0.2) is 0 Å². The van der Waals surface area contributed by atoms with Gasteiger partial charge >= 0.3 is 0 Å². The molecule has 98 valence electrons. The van der Waals surface area contributed by atoms with Crippen molar-refractivity contribution in [1.82, 2.24) is 4.90 Å². The molecule has 1 unspecified atom stereocenters. The van der Waals surface area contributed by atoms with E-state index in [9.17, 15) is 5.11 Å². The van der Waals surface area contributed by atoms with E-state index >= 15 is 0 Å². The summed E-state index contributed by atoms with van der Waals surface area (Å²) in [4.78, 5) is 2.43. The number of halogens is 2. The van der Waals surface area contributed by atoms with E-state index in [4.69, 9.17) is 23.2 Å². The molecular formula is C14H17Cl2NO.